The summed E-state index contributed by atoms with van der Waals surface area (Å²) in [6.45, 7) is 16.0. The van der Waals surface area contributed by atoms with E-state index in [4.69, 9.17) is 4.98 Å². The van der Waals surface area contributed by atoms with E-state index in [2.05, 4.69) is 103 Å². The van der Waals surface area contributed by atoms with Crippen LogP contribution in [0.1, 0.15) is 49.4 Å². The van der Waals surface area contributed by atoms with Crippen molar-refractivity contribution >= 4 is 35.6 Å². The molecule has 4 aromatic rings. The van der Waals surface area contributed by atoms with Gasteiger partial charge in [0, 0.05) is 35.2 Å². The molecule has 0 aliphatic carbocycles. The lowest BCUT2D eigenvalue weighted by Crippen LogP contribution is -2.16. The molecular formula is C31H39N5S. The Kier molecular flexibility index (Phi) is 10.5. The van der Waals surface area contributed by atoms with Crippen LogP contribution in [0.15, 0.2) is 72.3 Å². The van der Waals surface area contributed by atoms with Crippen molar-refractivity contribution in [1.82, 2.24) is 18.9 Å². The lowest BCUT2D eigenvalue weighted by Gasteiger charge is -2.18. The highest BCUT2D eigenvalue weighted by Crippen LogP contribution is 2.30. The smallest absolute Gasteiger partial charge is 0.160 e. The first-order valence-corrected chi connectivity index (χ1v) is 13.7. The van der Waals surface area contributed by atoms with Gasteiger partial charge >= 0.3 is 0 Å². The number of allylic oxidation sites excluding steroid dienone is 1. The van der Waals surface area contributed by atoms with Crippen molar-refractivity contribution in [3.8, 4) is 11.3 Å². The van der Waals surface area contributed by atoms with E-state index < -0.39 is 0 Å². The molecule has 0 saturated heterocycles. The van der Waals surface area contributed by atoms with Gasteiger partial charge in [-0.3, -0.25) is 0 Å². The number of nitrogens with zero attached hydrogens (tertiary/aromatic N) is 4. The number of rotatable bonds is 10. The molecule has 5 nitrogen and oxygen atoms in total. The minimum absolute atomic E-state index is 0.838. The zero-order chi connectivity index (χ0) is 26.8. The van der Waals surface area contributed by atoms with Crippen molar-refractivity contribution in [3.05, 3.63) is 89.6 Å². The van der Waals surface area contributed by atoms with Crippen LogP contribution in [0.4, 0.5) is 5.82 Å². The standard InChI is InChI=1S/C29H33N5S.C2H6/c1-6-12-25-23(7-2)14-10-16-27(25)35-33(5)18-11-17-30-28-19-26(24-15-9-8-13-21(24)3)32-29-22(4)20-31-34(28)29;1-2/h6-10,12-16,19-20,30H,2,11,17-18H2,1,3-5H3;1-2H3/b12-6-;. The van der Waals surface area contributed by atoms with Crippen molar-refractivity contribution in [2.45, 2.75) is 45.9 Å². The summed E-state index contributed by atoms with van der Waals surface area (Å²) >= 11 is 1.77. The summed E-state index contributed by atoms with van der Waals surface area (Å²) in [5, 5.41) is 8.15. The van der Waals surface area contributed by atoms with Crippen molar-refractivity contribution in [2.75, 3.05) is 25.5 Å². The summed E-state index contributed by atoms with van der Waals surface area (Å²) in [4.78, 5) is 6.14. The summed E-state index contributed by atoms with van der Waals surface area (Å²) in [5.74, 6) is 0.964. The van der Waals surface area contributed by atoms with E-state index in [1.54, 1.807) is 11.9 Å². The molecule has 2 aromatic carbocycles. The molecule has 0 amide bonds. The molecule has 0 spiro atoms. The van der Waals surface area contributed by atoms with Crippen LogP contribution in [0.3, 0.4) is 0 Å². The predicted octanol–water partition coefficient (Wildman–Crippen LogP) is 8.16. The first-order chi connectivity index (χ1) is 18.0. The second kappa shape index (κ2) is 13.8. The summed E-state index contributed by atoms with van der Waals surface area (Å²) < 4.78 is 4.19. The van der Waals surface area contributed by atoms with Crippen molar-refractivity contribution in [2.24, 2.45) is 0 Å². The average Bonchev–Trinajstić information content (AvgIpc) is 3.29. The van der Waals surface area contributed by atoms with Gasteiger partial charge < -0.3 is 5.32 Å². The average molecular weight is 514 g/mol. The van der Waals surface area contributed by atoms with Crippen LogP contribution in [0, 0.1) is 13.8 Å². The molecule has 0 aliphatic heterocycles. The molecule has 0 saturated carbocycles. The van der Waals surface area contributed by atoms with Crippen LogP contribution in [0.2, 0.25) is 0 Å². The maximum atomic E-state index is 4.90. The van der Waals surface area contributed by atoms with Crippen LogP contribution in [-0.2, 0) is 0 Å². The first kappa shape index (κ1) is 28.2. The van der Waals surface area contributed by atoms with Crippen LogP contribution in [0.25, 0.3) is 29.1 Å². The second-order valence-corrected chi connectivity index (χ2v) is 9.84. The minimum Gasteiger partial charge on any atom is -0.370 e. The Morgan fingerprint density at radius 2 is 1.86 bits per heavy atom. The zero-order valence-electron chi connectivity index (χ0n) is 23.0. The fraction of sp³-hybridized carbons (Fsp3) is 0.290. The molecule has 2 aromatic heterocycles. The normalized spacial score (nSPS) is 11.1. The highest BCUT2D eigenvalue weighted by Gasteiger charge is 2.12. The molecular weight excluding hydrogens is 474 g/mol. The molecule has 4 rings (SSSR count). The van der Waals surface area contributed by atoms with Crippen LogP contribution >= 0.6 is 11.9 Å². The van der Waals surface area contributed by atoms with Crippen molar-refractivity contribution in [3.63, 3.8) is 0 Å². The lowest BCUT2D eigenvalue weighted by molar-refractivity contribution is 0.551. The van der Waals surface area contributed by atoms with Gasteiger partial charge in [-0.25, -0.2) is 9.29 Å². The first-order valence-electron chi connectivity index (χ1n) is 12.9. The Hall–Kier alpha value is -3.35. The zero-order valence-corrected chi connectivity index (χ0v) is 23.8. The van der Waals surface area contributed by atoms with Crippen LogP contribution < -0.4 is 5.32 Å². The third-order valence-corrected chi connectivity index (χ3v) is 6.98. The number of anilines is 1. The highest BCUT2D eigenvalue weighted by atomic mass is 32.2. The van der Waals surface area contributed by atoms with Crippen LogP contribution in [0.5, 0.6) is 0 Å². The SMILES string of the molecule is C=Cc1cccc(SN(C)CCCNc2cc(-c3ccccc3C)nc3c(C)cnn23)c1/C=C\C.CC. The maximum Gasteiger partial charge on any atom is 0.160 e. The molecule has 0 bridgehead atoms. The van der Waals surface area contributed by atoms with E-state index in [-0.39, 0.29) is 0 Å². The third-order valence-electron chi connectivity index (χ3n) is 5.93. The van der Waals surface area contributed by atoms with Gasteiger partial charge in [-0.2, -0.15) is 9.61 Å². The largest absolute Gasteiger partial charge is 0.370 e. The number of benzene rings is 2. The highest BCUT2D eigenvalue weighted by molar-refractivity contribution is 7.97. The maximum absolute atomic E-state index is 4.90. The number of hydrogen-bond donors (Lipinski definition) is 1. The van der Waals surface area contributed by atoms with E-state index in [0.29, 0.717) is 0 Å². The molecule has 0 fully saturated rings. The molecule has 37 heavy (non-hydrogen) atoms. The van der Waals surface area contributed by atoms with Crippen molar-refractivity contribution in [1.29, 1.82) is 0 Å². The topological polar surface area (TPSA) is 45.5 Å². The predicted molar refractivity (Wildman–Crippen MR) is 162 cm³/mol. The Morgan fingerprint density at radius 3 is 2.59 bits per heavy atom. The number of aromatic nitrogens is 3. The summed E-state index contributed by atoms with van der Waals surface area (Å²) in [7, 11) is 2.14. The summed E-state index contributed by atoms with van der Waals surface area (Å²) in [6.07, 6.45) is 9.02. The fourth-order valence-corrected chi connectivity index (χ4v) is 5.07. The lowest BCUT2D eigenvalue weighted by atomic mass is 10.1. The molecule has 0 atom stereocenters. The molecule has 0 unspecified atom stereocenters. The molecule has 194 valence electrons. The number of fused-ring (bicyclic) bond motifs is 1. The van der Waals surface area contributed by atoms with Gasteiger partial charge in [0.1, 0.15) is 5.82 Å². The Balaban J connectivity index is 0.00000186. The molecule has 2 heterocycles. The minimum atomic E-state index is 0.838. The fourth-order valence-electron chi connectivity index (χ4n) is 4.09. The number of aryl methyl sites for hydroxylation is 2. The van der Waals surface area contributed by atoms with Gasteiger partial charge in [0.15, 0.2) is 5.65 Å². The van der Waals surface area contributed by atoms with Gasteiger partial charge in [0.2, 0.25) is 0 Å². The summed E-state index contributed by atoms with van der Waals surface area (Å²) in [5.41, 5.74) is 7.66. The monoisotopic (exact) mass is 513 g/mol. The summed E-state index contributed by atoms with van der Waals surface area (Å²) in [6, 6.07) is 16.8. The third kappa shape index (κ3) is 6.90. The van der Waals surface area contributed by atoms with Gasteiger partial charge in [-0.1, -0.05) is 75.1 Å². The number of hydrogen-bond acceptors (Lipinski definition) is 5. The van der Waals surface area contributed by atoms with E-state index in [1.807, 2.05) is 37.6 Å². The van der Waals surface area contributed by atoms with Crippen molar-refractivity contribution < 1.29 is 0 Å². The molecule has 6 heteroatoms. The van der Waals surface area contributed by atoms with Gasteiger partial charge in [0.25, 0.3) is 0 Å². The Morgan fingerprint density at radius 1 is 1.08 bits per heavy atom. The van der Waals surface area contributed by atoms with Gasteiger partial charge in [0.05, 0.1) is 11.9 Å². The van der Waals surface area contributed by atoms with Crippen LogP contribution in [-0.4, -0.2) is 39.0 Å². The Labute approximate surface area is 226 Å². The number of nitrogens with one attached hydrogen (secondary N) is 1. The van der Waals surface area contributed by atoms with E-state index in [0.717, 1.165) is 53.4 Å². The second-order valence-electron chi connectivity index (χ2n) is 8.59. The molecule has 0 aliphatic rings. The van der Waals surface area contributed by atoms with E-state index in [1.165, 1.54) is 16.0 Å². The quantitative estimate of drug-likeness (QED) is 0.171. The van der Waals surface area contributed by atoms with E-state index >= 15 is 0 Å². The van der Waals surface area contributed by atoms with Gasteiger partial charge in [-0.05, 0) is 68.9 Å². The van der Waals surface area contributed by atoms with Gasteiger partial charge in [-0.15, -0.1) is 0 Å². The van der Waals surface area contributed by atoms with E-state index in [9.17, 15) is 0 Å². The molecule has 0 radical (unpaired) electrons. The molecule has 1 N–H and O–H groups in total. The Bertz CT molecular complexity index is 1360.